The Morgan fingerprint density at radius 2 is 1.95 bits per heavy atom. The summed E-state index contributed by atoms with van der Waals surface area (Å²) in [7, 11) is 0. The molecule has 0 aliphatic rings. The van der Waals surface area contributed by atoms with E-state index < -0.39 is 0 Å². The van der Waals surface area contributed by atoms with Crippen LogP contribution in [0.4, 0.5) is 0 Å². The number of amides is 1. The van der Waals surface area contributed by atoms with Gasteiger partial charge in [-0.3, -0.25) is 4.79 Å². The van der Waals surface area contributed by atoms with Crippen LogP contribution in [0.1, 0.15) is 42.7 Å². The number of carbonyl (C=O) groups excluding carboxylic acids is 1. The van der Waals surface area contributed by atoms with Crippen LogP contribution in [0.5, 0.6) is 0 Å². The van der Waals surface area contributed by atoms with E-state index in [1.807, 2.05) is 45.0 Å². The molecule has 114 valence electrons. The zero-order valence-electron chi connectivity index (χ0n) is 13.0. The molecule has 0 saturated carbocycles. The highest BCUT2D eigenvalue weighted by Gasteiger charge is 2.26. The molecule has 0 saturated heterocycles. The van der Waals surface area contributed by atoms with Crippen LogP contribution < -0.4 is 5.32 Å². The first-order chi connectivity index (χ1) is 10.1. The molecule has 0 atom stereocenters. The van der Waals surface area contributed by atoms with E-state index in [9.17, 15) is 9.90 Å². The van der Waals surface area contributed by atoms with Crippen molar-refractivity contribution in [1.82, 2.24) is 10.3 Å². The minimum atomic E-state index is -0.227. The number of nitrogens with one attached hydrogen (secondary N) is 2. The lowest BCUT2D eigenvalue weighted by Crippen LogP contribution is -2.39. The number of hydrogen-bond donors (Lipinski definition) is 3. The van der Waals surface area contributed by atoms with Crippen molar-refractivity contribution in [2.75, 3.05) is 13.2 Å². The van der Waals surface area contributed by atoms with Crippen molar-refractivity contribution in [3.8, 4) is 0 Å². The van der Waals surface area contributed by atoms with Crippen molar-refractivity contribution >= 4 is 16.8 Å². The first-order valence-electron chi connectivity index (χ1n) is 7.53. The molecule has 1 amide bonds. The minimum absolute atomic E-state index is 0.0790. The van der Waals surface area contributed by atoms with Crippen molar-refractivity contribution < 1.29 is 9.90 Å². The molecular formula is C17H24N2O2. The minimum Gasteiger partial charge on any atom is -0.396 e. The summed E-state index contributed by atoms with van der Waals surface area (Å²) in [4.78, 5) is 15.8. The number of aromatic nitrogens is 1. The van der Waals surface area contributed by atoms with Gasteiger partial charge in [0, 0.05) is 28.6 Å². The predicted octanol–water partition coefficient (Wildman–Crippen LogP) is 3.00. The zero-order chi connectivity index (χ0) is 15.5. The number of aliphatic hydroxyl groups is 1. The maximum absolute atomic E-state index is 12.5. The number of aromatic amines is 1. The van der Waals surface area contributed by atoms with Crippen LogP contribution in [0.3, 0.4) is 0 Å². The van der Waals surface area contributed by atoms with Crippen molar-refractivity contribution in [2.24, 2.45) is 5.41 Å². The highest BCUT2D eigenvalue weighted by atomic mass is 16.3. The van der Waals surface area contributed by atoms with Gasteiger partial charge in [-0.25, -0.2) is 0 Å². The molecule has 0 bridgehead atoms. The Kier molecular flexibility index (Phi) is 4.68. The molecule has 2 rings (SSSR count). The van der Waals surface area contributed by atoms with Crippen LogP contribution in [-0.2, 0) is 0 Å². The van der Waals surface area contributed by atoms with Gasteiger partial charge in [0.05, 0.1) is 12.2 Å². The highest BCUT2D eigenvalue weighted by Crippen LogP contribution is 2.26. The average molecular weight is 288 g/mol. The summed E-state index contributed by atoms with van der Waals surface area (Å²) in [6.45, 7) is 6.58. The van der Waals surface area contributed by atoms with Gasteiger partial charge in [0.1, 0.15) is 0 Å². The van der Waals surface area contributed by atoms with Crippen molar-refractivity contribution in [1.29, 1.82) is 0 Å². The Labute approximate surface area is 125 Å². The number of aryl methyl sites for hydroxylation is 1. The lowest BCUT2D eigenvalue weighted by Gasteiger charge is -2.29. The number of aliphatic hydroxyl groups excluding tert-OH is 1. The molecule has 4 nitrogen and oxygen atoms in total. The average Bonchev–Trinajstić information content (AvgIpc) is 2.85. The SMILES string of the molecule is CCC(CC)(CO)CNC(=O)c1c(C)[nH]c2ccccc12. The number of carbonyl (C=O) groups is 1. The zero-order valence-corrected chi connectivity index (χ0v) is 13.0. The fraction of sp³-hybridized carbons (Fsp3) is 0.471. The van der Waals surface area contributed by atoms with Crippen molar-refractivity contribution in [3.05, 3.63) is 35.5 Å². The number of fused-ring (bicyclic) bond motifs is 1. The van der Waals surface area contributed by atoms with E-state index in [1.165, 1.54) is 0 Å². The monoisotopic (exact) mass is 288 g/mol. The van der Waals surface area contributed by atoms with Crippen LogP contribution in [0.2, 0.25) is 0 Å². The third-order valence-corrected chi connectivity index (χ3v) is 4.58. The predicted molar refractivity (Wildman–Crippen MR) is 85.5 cm³/mol. The van der Waals surface area contributed by atoms with E-state index in [0.29, 0.717) is 12.1 Å². The Hall–Kier alpha value is -1.81. The molecule has 0 aliphatic carbocycles. The fourth-order valence-corrected chi connectivity index (χ4v) is 2.70. The molecule has 0 unspecified atom stereocenters. The van der Waals surface area contributed by atoms with E-state index in [2.05, 4.69) is 10.3 Å². The Balaban J connectivity index is 2.21. The van der Waals surface area contributed by atoms with Crippen LogP contribution in [-0.4, -0.2) is 29.1 Å². The molecule has 1 aromatic heterocycles. The number of rotatable bonds is 6. The third-order valence-electron chi connectivity index (χ3n) is 4.58. The van der Waals surface area contributed by atoms with Gasteiger partial charge in [0.2, 0.25) is 0 Å². The summed E-state index contributed by atoms with van der Waals surface area (Å²) in [5, 5.41) is 13.5. The topological polar surface area (TPSA) is 65.1 Å². The van der Waals surface area contributed by atoms with E-state index in [-0.39, 0.29) is 17.9 Å². The van der Waals surface area contributed by atoms with Gasteiger partial charge in [0.25, 0.3) is 5.91 Å². The fourth-order valence-electron chi connectivity index (χ4n) is 2.70. The summed E-state index contributed by atoms with van der Waals surface area (Å²) in [6.07, 6.45) is 1.68. The molecule has 0 radical (unpaired) electrons. The Morgan fingerprint density at radius 1 is 1.29 bits per heavy atom. The summed E-state index contributed by atoms with van der Waals surface area (Å²) < 4.78 is 0. The maximum Gasteiger partial charge on any atom is 0.253 e. The van der Waals surface area contributed by atoms with Gasteiger partial charge in [-0.15, -0.1) is 0 Å². The van der Waals surface area contributed by atoms with E-state index in [1.54, 1.807) is 0 Å². The van der Waals surface area contributed by atoms with Crippen LogP contribution in [0, 0.1) is 12.3 Å². The largest absolute Gasteiger partial charge is 0.396 e. The lowest BCUT2D eigenvalue weighted by molar-refractivity contribution is 0.0852. The molecule has 4 heteroatoms. The van der Waals surface area contributed by atoms with Gasteiger partial charge in [-0.2, -0.15) is 0 Å². The first-order valence-corrected chi connectivity index (χ1v) is 7.53. The van der Waals surface area contributed by atoms with Gasteiger partial charge in [-0.05, 0) is 25.8 Å². The van der Waals surface area contributed by atoms with E-state index >= 15 is 0 Å². The van der Waals surface area contributed by atoms with Crippen molar-refractivity contribution in [2.45, 2.75) is 33.6 Å². The van der Waals surface area contributed by atoms with Gasteiger partial charge >= 0.3 is 0 Å². The summed E-state index contributed by atoms with van der Waals surface area (Å²) in [5.41, 5.74) is 2.32. The quantitative estimate of drug-likeness (QED) is 0.765. The Bertz CT molecular complexity index is 618. The molecule has 3 N–H and O–H groups in total. The smallest absolute Gasteiger partial charge is 0.253 e. The second-order valence-corrected chi connectivity index (χ2v) is 5.72. The second kappa shape index (κ2) is 6.31. The second-order valence-electron chi connectivity index (χ2n) is 5.72. The van der Waals surface area contributed by atoms with Gasteiger partial charge < -0.3 is 15.4 Å². The summed E-state index contributed by atoms with van der Waals surface area (Å²) >= 11 is 0. The molecule has 0 fully saturated rings. The van der Waals surface area contributed by atoms with Crippen LogP contribution >= 0.6 is 0 Å². The molecule has 0 aliphatic heterocycles. The number of hydrogen-bond acceptors (Lipinski definition) is 2. The molecule has 1 aromatic carbocycles. The van der Waals surface area contributed by atoms with Crippen LogP contribution in [0.15, 0.2) is 24.3 Å². The van der Waals surface area contributed by atoms with Gasteiger partial charge in [0.15, 0.2) is 0 Å². The first kappa shape index (κ1) is 15.6. The normalized spacial score (nSPS) is 11.8. The van der Waals surface area contributed by atoms with Gasteiger partial charge in [-0.1, -0.05) is 32.0 Å². The highest BCUT2D eigenvalue weighted by molar-refractivity contribution is 6.08. The number of benzene rings is 1. The standard InChI is InChI=1S/C17H24N2O2/c1-4-17(5-2,11-20)10-18-16(21)15-12(3)19-14-9-7-6-8-13(14)15/h6-9,19-20H,4-5,10-11H2,1-3H3,(H,18,21). The van der Waals surface area contributed by atoms with E-state index in [4.69, 9.17) is 0 Å². The Morgan fingerprint density at radius 3 is 2.57 bits per heavy atom. The van der Waals surface area contributed by atoms with E-state index in [0.717, 1.165) is 29.4 Å². The molecule has 21 heavy (non-hydrogen) atoms. The molecule has 0 spiro atoms. The maximum atomic E-state index is 12.5. The summed E-state index contributed by atoms with van der Waals surface area (Å²) in [5.74, 6) is -0.0790. The number of H-pyrrole nitrogens is 1. The van der Waals surface area contributed by atoms with Crippen molar-refractivity contribution in [3.63, 3.8) is 0 Å². The number of para-hydroxylation sites is 1. The molecule has 2 aromatic rings. The molecular weight excluding hydrogens is 264 g/mol. The van der Waals surface area contributed by atoms with Crippen LogP contribution in [0.25, 0.3) is 10.9 Å². The summed E-state index contributed by atoms with van der Waals surface area (Å²) in [6, 6.07) is 7.80. The molecule has 1 heterocycles. The third kappa shape index (κ3) is 2.95. The lowest BCUT2D eigenvalue weighted by atomic mass is 9.83.